The Morgan fingerprint density at radius 3 is 2.89 bits per heavy atom. The van der Waals surface area contributed by atoms with Gasteiger partial charge in [-0.3, -0.25) is 24.4 Å². The van der Waals surface area contributed by atoms with Crippen molar-refractivity contribution in [3.63, 3.8) is 0 Å². The number of likely N-dealkylation sites (tertiary alicyclic amines) is 2. The van der Waals surface area contributed by atoms with Crippen molar-refractivity contribution in [2.24, 2.45) is 0 Å². The number of hydrogen-bond acceptors (Lipinski definition) is 6. The van der Waals surface area contributed by atoms with Gasteiger partial charge in [-0.1, -0.05) is 0 Å². The van der Waals surface area contributed by atoms with Gasteiger partial charge in [-0.05, 0) is 25.0 Å². The molecule has 2 fully saturated rings. The van der Waals surface area contributed by atoms with Gasteiger partial charge in [-0.2, -0.15) is 0 Å². The molecule has 2 saturated heterocycles. The van der Waals surface area contributed by atoms with Gasteiger partial charge >= 0.3 is 0 Å². The summed E-state index contributed by atoms with van der Waals surface area (Å²) in [6.07, 6.45) is 7.55. The van der Waals surface area contributed by atoms with Crippen LogP contribution in [0.15, 0.2) is 41.7 Å². The molecule has 2 aliphatic rings. The van der Waals surface area contributed by atoms with Gasteiger partial charge in [0.2, 0.25) is 5.91 Å². The highest BCUT2D eigenvalue weighted by molar-refractivity contribution is 5.93. The standard InChI is InChI=1S/C19H21N5O4/c25-17-12-21-11-14(22-17)19(27)24-7-4-15-16(24)9-18(26)23(15)6-2-8-28-13-3-1-5-20-10-13/h1,3,5,10-12,15-16H,2,4,6-9H2,(H,22,25)/t15-,16-/m0/s1. The van der Waals surface area contributed by atoms with Crippen LogP contribution in [0.2, 0.25) is 0 Å². The van der Waals surface area contributed by atoms with E-state index in [0.717, 1.165) is 12.6 Å². The summed E-state index contributed by atoms with van der Waals surface area (Å²) in [4.78, 5) is 50.5. The van der Waals surface area contributed by atoms with Crippen LogP contribution in [0, 0.1) is 0 Å². The number of carbonyl (C=O) groups excluding carboxylic acids is 2. The molecule has 2 aromatic heterocycles. The largest absolute Gasteiger partial charge is 0.492 e. The Hall–Kier alpha value is -3.23. The van der Waals surface area contributed by atoms with E-state index in [2.05, 4.69) is 15.0 Å². The van der Waals surface area contributed by atoms with Gasteiger partial charge in [0.1, 0.15) is 11.4 Å². The van der Waals surface area contributed by atoms with Gasteiger partial charge in [-0.25, -0.2) is 0 Å². The molecule has 0 bridgehead atoms. The lowest BCUT2D eigenvalue weighted by molar-refractivity contribution is -0.129. The molecule has 2 aromatic rings. The number of aromatic nitrogens is 3. The Labute approximate surface area is 161 Å². The van der Waals surface area contributed by atoms with Crippen molar-refractivity contribution >= 4 is 11.8 Å². The van der Waals surface area contributed by atoms with Gasteiger partial charge in [-0.15, -0.1) is 0 Å². The first-order chi connectivity index (χ1) is 13.6. The number of nitrogens with one attached hydrogen (secondary N) is 1. The van der Waals surface area contributed by atoms with E-state index in [4.69, 9.17) is 4.74 Å². The summed E-state index contributed by atoms with van der Waals surface area (Å²) in [5.74, 6) is 0.469. The van der Waals surface area contributed by atoms with Crippen molar-refractivity contribution < 1.29 is 14.3 Å². The lowest BCUT2D eigenvalue weighted by Gasteiger charge is -2.25. The van der Waals surface area contributed by atoms with E-state index in [1.54, 1.807) is 17.3 Å². The molecule has 4 rings (SSSR count). The number of nitrogens with zero attached hydrogens (tertiary/aromatic N) is 4. The van der Waals surface area contributed by atoms with E-state index in [9.17, 15) is 14.4 Å². The third-order valence-corrected chi connectivity index (χ3v) is 5.21. The number of amides is 2. The monoisotopic (exact) mass is 383 g/mol. The van der Waals surface area contributed by atoms with E-state index < -0.39 is 5.56 Å². The minimum absolute atomic E-state index is 0.0123. The van der Waals surface area contributed by atoms with Crippen LogP contribution in [-0.2, 0) is 4.79 Å². The number of H-pyrrole nitrogens is 1. The molecule has 0 saturated carbocycles. The van der Waals surface area contributed by atoms with Crippen LogP contribution in [0.3, 0.4) is 0 Å². The number of rotatable bonds is 6. The Morgan fingerprint density at radius 1 is 1.21 bits per heavy atom. The number of carbonyl (C=O) groups is 2. The first kappa shape index (κ1) is 18.1. The summed E-state index contributed by atoms with van der Waals surface area (Å²) in [6.45, 7) is 1.64. The first-order valence-electron chi connectivity index (χ1n) is 9.31. The van der Waals surface area contributed by atoms with E-state index in [1.165, 1.54) is 6.20 Å². The zero-order valence-corrected chi connectivity index (χ0v) is 15.3. The molecule has 0 radical (unpaired) electrons. The molecule has 0 aliphatic carbocycles. The molecular formula is C19H21N5O4. The zero-order valence-electron chi connectivity index (χ0n) is 15.3. The van der Waals surface area contributed by atoms with E-state index >= 15 is 0 Å². The average molecular weight is 383 g/mol. The van der Waals surface area contributed by atoms with Crippen LogP contribution >= 0.6 is 0 Å². The summed E-state index contributed by atoms with van der Waals surface area (Å²) in [5.41, 5.74) is -0.261. The van der Waals surface area contributed by atoms with Crippen LogP contribution in [0.25, 0.3) is 0 Å². The predicted octanol–water partition coefficient (Wildman–Crippen LogP) is 0.449. The predicted molar refractivity (Wildman–Crippen MR) is 98.8 cm³/mol. The van der Waals surface area contributed by atoms with Gasteiger partial charge in [0, 0.05) is 25.7 Å². The van der Waals surface area contributed by atoms with E-state index in [-0.39, 0.29) is 29.6 Å². The molecule has 0 aromatic carbocycles. The van der Waals surface area contributed by atoms with Crippen molar-refractivity contribution in [2.75, 3.05) is 19.7 Å². The third kappa shape index (κ3) is 3.60. The Morgan fingerprint density at radius 2 is 2.11 bits per heavy atom. The van der Waals surface area contributed by atoms with E-state index in [0.29, 0.717) is 38.3 Å². The lowest BCUT2D eigenvalue weighted by Crippen LogP contribution is -2.41. The fraction of sp³-hybridized carbons (Fsp3) is 0.421. The molecule has 2 aliphatic heterocycles. The van der Waals surface area contributed by atoms with Crippen molar-refractivity contribution in [3.05, 3.63) is 53.0 Å². The fourth-order valence-electron chi connectivity index (χ4n) is 3.97. The molecular weight excluding hydrogens is 362 g/mol. The molecule has 0 unspecified atom stereocenters. The van der Waals surface area contributed by atoms with Gasteiger partial charge in [0.25, 0.3) is 11.5 Å². The summed E-state index contributed by atoms with van der Waals surface area (Å²) >= 11 is 0. The number of hydrogen-bond donors (Lipinski definition) is 1. The Kier molecular flexibility index (Phi) is 5.05. The van der Waals surface area contributed by atoms with Crippen molar-refractivity contribution in [2.45, 2.75) is 31.3 Å². The summed E-state index contributed by atoms with van der Waals surface area (Å²) < 4.78 is 5.64. The number of aromatic amines is 1. The second-order valence-corrected chi connectivity index (χ2v) is 6.91. The molecule has 146 valence electrons. The summed E-state index contributed by atoms with van der Waals surface area (Å²) in [5, 5.41) is 0. The molecule has 9 heteroatoms. The van der Waals surface area contributed by atoms with Crippen molar-refractivity contribution in [1.82, 2.24) is 24.8 Å². The molecule has 2 atom stereocenters. The quantitative estimate of drug-likeness (QED) is 0.726. The van der Waals surface area contributed by atoms with Gasteiger partial charge < -0.3 is 19.5 Å². The van der Waals surface area contributed by atoms with Crippen LogP contribution in [0.1, 0.15) is 29.8 Å². The average Bonchev–Trinajstić information content (AvgIpc) is 3.24. The minimum atomic E-state index is -0.417. The molecule has 2 amide bonds. The highest BCUT2D eigenvalue weighted by Gasteiger charge is 2.48. The van der Waals surface area contributed by atoms with Crippen molar-refractivity contribution in [3.8, 4) is 5.75 Å². The summed E-state index contributed by atoms with van der Waals surface area (Å²) in [6, 6.07) is 3.50. The number of fused-ring (bicyclic) bond motifs is 1. The topological polar surface area (TPSA) is 108 Å². The highest BCUT2D eigenvalue weighted by atomic mass is 16.5. The third-order valence-electron chi connectivity index (χ3n) is 5.21. The zero-order chi connectivity index (χ0) is 19.5. The highest BCUT2D eigenvalue weighted by Crippen LogP contribution is 2.33. The molecule has 0 spiro atoms. The normalized spacial score (nSPS) is 21.1. The lowest BCUT2D eigenvalue weighted by atomic mass is 10.1. The van der Waals surface area contributed by atoms with Gasteiger partial charge in [0.15, 0.2) is 0 Å². The smallest absolute Gasteiger partial charge is 0.272 e. The van der Waals surface area contributed by atoms with Crippen LogP contribution in [-0.4, -0.2) is 68.3 Å². The second-order valence-electron chi connectivity index (χ2n) is 6.91. The molecule has 9 nitrogen and oxygen atoms in total. The number of pyridine rings is 1. The summed E-state index contributed by atoms with van der Waals surface area (Å²) in [7, 11) is 0. The van der Waals surface area contributed by atoms with E-state index in [1.807, 2.05) is 17.0 Å². The molecule has 1 N–H and O–H groups in total. The van der Waals surface area contributed by atoms with Crippen molar-refractivity contribution in [1.29, 1.82) is 0 Å². The maximum atomic E-state index is 12.7. The first-order valence-corrected chi connectivity index (χ1v) is 9.31. The SMILES string of the molecule is O=C1C[C@H]2[C@H](CCN2C(=O)c2cncc(=O)[nH]2)N1CCCOc1cccnc1. The molecule has 4 heterocycles. The second kappa shape index (κ2) is 7.79. The van der Waals surface area contributed by atoms with Gasteiger partial charge in [0.05, 0.1) is 37.3 Å². The number of ether oxygens (including phenoxy) is 1. The van der Waals surface area contributed by atoms with Crippen LogP contribution in [0.5, 0.6) is 5.75 Å². The molecule has 28 heavy (non-hydrogen) atoms. The fourth-order valence-corrected chi connectivity index (χ4v) is 3.97. The van der Waals surface area contributed by atoms with Crippen LogP contribution < -0.4 is 10.3 Å². The Bertz CT molecular complexity index is 916. The maximum absolute atomic E-state index is 12.7. The minimum Gasteiger partial charge on any atom is -0.492 e. The van der Waals surface area contributed by atoms with Crippen LogP contribution in [0.4, 0.5) is 0 Å². The maximum Gasteiger partial charge on any atom is 0.272 e. The Balaban J connectivity index is 1.34.